The molecule has 1 saturated heterocycles. The van der Waals surface area contributed by atoms with Crippen LogP contribution in [0.2, 0.25) is 0 Å². The van der Waals surface area contributed by atoms with Gasteiger partial charge in [0.25, 0.3) is 0 Å². The number of hydrogen-bond donors (Lipinski definition) is 1. The number of nitrogens with one attached hydrogen (secondary N) is 1. The summed E-state index contributed by atoms with van der Waals surface area (Å²) in [7, 11) is 0. The first-order valence-corrected chi connectivity index (χ1v) is 5.85. The SMILES string of the molecule is O=C1CCCC(C(=O)Oc2c(F)c(F)c(F)c(F)c2F)N1. The highest BCUT2D eigenvalue weighted by atomic mass is 19.2. The lowest BCUT2D eigenvalue weighted by atomic mass is 10.0. The Morgan fingerprint density at radius 1 is 1.00 bits per heavy atom. The van der Waals surface area contributed by atoms with Gasteiger partial charge in [-0.2, -0.15) is 8.78 Å². The molecule has 1 aliphatic heterocycles. The van der Waals surface area contributed by atoms with Crippen LogP contribution in [0.3, 0.4) is 0 Å². The van der Waals surface area contributed by atoms with E-state index in [1.165, 1.54) is 0 Å². The van der Waals surface area contributed by atoms with Gasteiger partial charge in [-0.15, -0.1) is 0 Å². The van der Waals surface area contributed by atoms with Crippen LogP contribution in [0.5, 0.6) is 5.75 Å². The quantitative estimate of drug-likeness (QED) is 0.299. The molecule has 0 aromatic heterocycles. The molecule has 9 heteroatoms. The van der Waals surface area contributed by atoms with E-state index >= 15 is 0 Å². The Kier molecular flexibility index (Phi) is 4.10. The van der Waals surface area contributed by atoms with E-state index in [4.69, 9.17) is 0 Å². The molecule has 1 N–H and O–H groups in total. The fraction of sp³-hybridized carbons (Fsp3) is 0.333. The maximum Gasteiger partial charge on any atom is 0.334 e. The molecule has 0 saturated carbocycles. The normalized spacial score (nSPS) is 18.3. The van der Waals surface area contributed by atoms with Gasteiger partial charge in [0.1, 0.15) is 6.04 Å². The van der Waals surface area contributed by atoms with E-state index in [0.717, 1.165) is 0 Å². The van der Waals surface area contributed by atoms with Crippen molar-refractivity contribution in [3.8, 4) is 5.75 Å². The van der Waals surface area contributed by atoms with Crippen LogP contribution in [0.25, 0.3) is 0 Å². The molecule has 1 heterocycles. The summed E-state index contributed by atoms with van der Waals surface area (Å²) in [5, 5.41) is 2.20. The van der Waals surface area contributed by atoms with Crippen LogP contribution >= 0.6 is 0 Å². The van der Waals surface area contributed by atoms with E-state index in [-0.39, 0.29) is 12.8 Å². The van der Waals surface area contributed by atoms with Crippen LogP contribution in [-0.2, 0) is 9.59 Å². The molecule has 21 heavy (non-hydrogen) atoms. The first-order chi connectivity index (χ1) is 9.82. The Morgan fingerprint density at radius 2 is 1.52 bits per heavy atom. The zero-order valence-electron chi connectivity index (χ0n) is 10.3. The Morgan fingerprint density at radius 3 is 2.05 bits per heavy atom. The molecule has 0 aliphatic carbocycles. The number of benzene rings is 1. The lowest BCUT2D eigenvalue weighted by Crippen LogP contribution is -2.46. The van der Waals surface area contributed by atoms with Crippen LogP contribution in [0.4, 0.5) is 22.0 Å². The molecule has 1 unspecified atom stereocenters. The number of carbonyl (C=O) groups excluding carboxylic acids is 2. The minimum atomic E-state index is -2.35. The monoisotopic (exact) mass is 309 g/mol. The predicted molar refractivity (Wildman–Crippen MR) is 57.6 cm³/mol. The zero-order valence-corrected chi connectivity index (χ0v) is 10.3. The van der Waals surface area contributed by atoms with Crippen molar-refractivity contribution in [1.29, 1.82) is 0 Å². The summed E-state index contributed by atoms with van der Waals surface area (Å²) in [5.74, 6) is -14.7. The molecule has 4 nitrogen and oxygen atoms in total. The fourth-order valence-corrected chi connectivity index (χ4v) is 1.83. The number of ether oxygens (including phenoxy) is 1. The zero-order chi connectivity index (χ0) is 15.7. The largest absolute Gasteiger partial charge is 0.418 e. The summed E-state index contributed by atoms with van der Waals surface area (Å²) >= 11 is 0. The fourth-order valence-electron chi connectivity index (χ4n) is 1.83. The minimum Gasteiger partial charge on any atom is -0.418 e. The molecule has 0 radical (unpaired) electrons. The highest BCUT2D eigenvalue weighted by molar-refractivity contribution is 5.86. The molecule has 0 spiro atoms. The Labute approximate surface area is 114 Å². The Bertz CT molecular complexity index is 590. The van der Waals surface area contributed by atoms with E-state index in [1.807, 2.05) is 0 Å². The summed E-state index contributed by atoms with van der Waals surface area (Å²) < 4.78 is 69.6. The Balaban J connectivity index is 2.27. The van der Waals surface area contributed by atoms with Gasteiger partial charge >= 0.3 is 5.97 Å². The second-order valence-electron chi connectivity index (χ2n) is 4.33. The van der Waals surface area contributed by atoms with Gasteiger partial charge in [0.15, 0.2) is 0 Å². The average molecular weight is 309 g/mol. The van der Waals surface area contributed by atoms with E-state index in [9.17, 15) is 31.5 Å². The van der Waals surface area contributed by atoms with Crippen molar-refractivity contribution in [3.63, 3.8) is 0 Å². The number of carbonyl (C=O) groups is 2. The summed E-state index contributed by atoms with van der Waals surface area (Å²) in [6.07, 6.45) is 0.648. The van der Waals surface area contributed by atoms with Gasteiger partial charge < -0.3 is 10.1 Å². The van der Waals surface area contributed by atoms with E-state index in [1.54, 1.807) is 0 Å². The summed E-state index contributed by atoms with van der Waals surface area (Å²) in [4.78, 5) is 22.7. The molecule has 1 amide bonds. The van der Waals surface area contributed by atoms with Crippen LogP contribution in [0, 0.1) is 29.1 Å². The molecule has 114 valence electrons. The van der Waals surface area contributed by atoms with Crippen molar-refractivity contribution in [1.82, 2.24) is 5.32 Å². The van der Waals surface area contributed by atoms with Gasteiger partial charge in [-0.25, -0.2) is 18.0 Å². The molecule has 1 fully saturated rings. The number of piperidine rings is 1. The molecule has 2 rings (SSSR count). The molecule has 1 aromatic rings. The molecule has 1 atom stereocenters. The molecule has 1 aliphatic rings. The van der Waals surface area contributed by atoms with Crippen molar-refractivity contribution < 1.29 is 36.3 Å². The third-order valence-corrected chi connectivity index (χ3v) is 2.89. The van der Waals surface area contributed by atoms with Crippen molar-refractivity contribution >= 4 is 11.9 Å². The summed E-state index contributed by atoms with van der Waals surface area (Å²) in [6, 6.07) is -1.19. The number of amides is 1. The molecule has 0 bridgehead atoms. The maximum atomic E-state index is 13.3. The predicted octanol–water partition coefficient (Wildman–Crippen LogP) is 1.96. The third kappa shape index (κ3) is 2.81. The molecular weight excluding hydrogens is 301 g/mol. The van der Waals surface area contributed by atoms with Gasteiger partial charge in [-0.3, -0.25) is 4.79 Å². The highest BCUT2D eigenvalue weighted by Crippen LogP contribution is 2.29. The third-order valence-electron chi connectivity index (χ3n) is 2.89. The summed E-state index contributed by atoms with van der Waals surface area (Å²) in [6.45, 7) is 0. The maximum absolute atomic E-state index is 13.3. The number of rotatable bonds is 2. The standard InChI is InChI=1S/C12H8F5NO3/c13-6-7(14)9(16)11(10(17)8(6)15)21-12(20)4-2-1-3-5(19)18-4/h4H,1-3H2,(H,18,19). The van der Waals surface area contributed by atoms with Crippen LogP contribution in [0.1, 0.15) is 19.3 Å². The van der Waals surface area contributed by atoms with Gasteiger partial charge in [-0.1, -0.05) is 0 Å². The van der Waals surface area contributed by atoms with Gasteiger partial charge in [0.2, 0.25) is 40.7 Å². The van der Waals surface area contributed by atoms with Crippen molar-refractivity contribution in [2.45, 2.75) is 25.3 Å². The highest BCUT2D eigenvalue weighted by Gasteiger charge is 2.32. The smallest absolute Gasteiger partial charge is 0.334 e. The first kappa shape index (κ1) is 15.2. The van der Waals surface area contributed by atoms with Crippen molar-refractivity contribution in [3.05, 3.63) is 29.1 Å². The number of halogens is 5. The Hall–Kier alpha value is -2.19. The molecular formula is C12H8F5NO3. The first-order valence-electron chi connectivity index (χ1n) is 5.85. The van der Waals surface area contributed by atoms with Gasteiger partial charge in [-0.05, 0) is 12.8 Å². The van der Waals surface area contributed by atoms with Crippen molar-refractivity contribution in [2.24, 2.45) is 0 Å². The summed E-state index contributed by atoms with van der Waals surface area (Å²) in [5.41, 5.74) is 0. The number of esters is 1. The van der Waals surface area contributed by atoms with E-state index < -0.39 is 52.8 Å². The van der Waals surface area contributed by atoms with Crippen LogP contribution in [0.15, 0.2) is 0 Å². The average Bonchev–Trinajstić information content (AvgIpc) is 2.47. The number of hydrogen-bond acceptors (Lipinski definition) is 3. The van der Waals surface area contributed by atoms with Gasteiger partial charge in [0.05, 0.1) is 0 Å². The second kappa shape index (κ2) is 5.66. The van der Waals surface area contributed by atoms with Crippen LogP contribution in [-0.4, -0.2) is 17.9 Å². The van der Waals surface area contributed by atoms with E-state index in [0.29, 0.717) is 6.42 Å². The molecule has 1 aromatic carbocycles. The minimum absolute atomic E-state index is 0.139. The van der Waals surface area contributed by atoms with Crippen molar-refractivity contribution in [2.75, 3.05) is 0 Å². The lowest BCUT2D eigenvalue weighted by Gasteiger charge is -2.21. The van der Waals surface area contributed by atoms with Crippen LogP contribution < -0.4 is 10.1 Å². The van der Waals surface area contributed by atoms with E-state index in [2.05, 4.69) is 10.1 Å². The second-order valence-corrected chi connectivity index (χ2v) is 4.33. The van der Waals surface area contributed by atoms with Gasteiger partial charge in [0, 0.05) is 6.42 Å². The lowest BCUT2D eigenvalue weighted by molar-refractivity contribution is -0.141. The topological polar surface area (TPSA) is 55.4 Å².